The third-order valence-corrected chi connectivity index (χ3v) is 5.20. The average Bonchev–Trinajstić information content (AvgIpc) is 3.23. The first-order valence-corrected chi connectivity index (χ1v) is 8.64. The van der Waals surface area contributed by atoms with E-state index in [1.807, 2.05) is 36.9 Å². The van der Waals surface area contributed by atoms with Crippen molar-refractivity contribution in [3.63, 3.8) is 0 Å². The second kappa shape index (κ2) is 5.52. The summed E-state index contributed by atoms with van der Waals surface area (Å²) in [6.07, 6.45) is 2.65. The van der Waals surface area contributed by atoms with E-state index in [9.17, 15) is 4.79 Å². The van der Waals surface area contributed by atoms with Crippen molar-refractivity contribution >= 4 is 22.9 Å². The van der Waals surface area contributed by atoms with E-state index in [-0.39, 0.29) is 11.9 Å². The Morgan fingerprint density at radius 1 is 1.29 bits per heavy atom. The molecule has 0 spiro atoms. The highest BCUT2D eigenvalue weighted by atomic mass is 32.1. The van der Waals surface area contributed by atoms with Crippen LogP contribution in [0.15, 0.2) is 30.5 Å². The van der Waals surface area contributed by atoms with Crippen LogP contribution in [-0.2, 0) is 6.42 Å². The number of anilines is 1. The summed E-state index contributed by atoms with van der Waals surface area (Å²) in [6.45, 7) is 5.90. The summed E-state index contributed by atoms with van der Waals surface area (Å²) in [5.74, 6) is -0.107. The predicted octanol–water partition coefficient (Wildman–Crippen LogP) is 2.93. The third-order valence-electron chi connectivity index (χ3n) is 4.31. The van der Waals surface area contributed by atoms with Gasteiger partial charge < -0.3 is 4.90 Å². The van der Waals surface area contributed by atoms with Gasteiger partial charge in [0.25, 0.3) is 5.91 Å². The Morgan fingerprint density at radius 3 is 2.83 bits per heavy atom. The fourth-order valence-corrected chi connectivity index (χ4v) is 3.90. The quantitative estimate of drug-likeness (QED) is 0.720. The molecule has 7 heteroatoms. The normalized spacial score (nSPS) is 16.5. The van der Waals surface area contributed by atoms with Gasteiger partial charge in [0.15, 0.2) is 5.69 Å². The average molecular weight is 339 g/mol. The van der Waals surface area contributed by atoms with Crippen LogP contribution in [0.3, 0.4) is 0 Å². The summed E-state index contributed by atoms with van der Waals surface area (Å²) in [5, 5.41) is 9.01. The van der Waals surface area contributed by atoms with Crippen molar-refractivity contribution in [3.8, 4) is 5.13 Å². The number of nitrogens with zero attached hydrogens (tertiary/aromatic N) is 5. The van der Waals surface area contributed by atoms with Crippen molar-refractivity contribution in [1.29, 1.82) is 0 Å². The number of fused-ring (bicyclic) bond motifs is 1. The molecule has 1 atom stereocenters. The summed E-state index contributed by atoms with van der Waals surface area (Å²) in [5.41, 5.74) is 3.25. The molecule has 1 aromatic carbocycles. The summed E-state index contributed by atoms with van der Waals surface area (Å²) >= 11 is 1.53. The maximum Gasteiger partial charge on any atom is 0.281 e. The zero-order valence-electron chi connectivity index (χ0n) is 13.7. The molecule has 0 aliphatic carbocycles. The lowest BCUT2D eigenvalue weighted by Gasteiger charge is -2.21. The molecule has 2 aromatic heterocycles. The molecule has 122 valence electrons. The van der Waals surface area contributed by atoms with Crippen LogP contribution in [0.1, 0.15) is 33.5 Å². The van der Waals surface area contributed by atoms with Gasteiger partial charge in [0.2, 0.25) is 5.13 Å². The van der Waals surface area contributed by atoms with Crippen LogP contribution in [0.4, 0.5) is 5.69 Å². The van der Waals surface area contributed by atoms with Crippen LogP contribution in [0, 0.1) is 13.8 Å². The highest BCUT2D eigenvalue weighted by Crippen LogP contribution is 2.33. The van der Waals surface area contributed by atoms with Gasteiger partial charge >= 0.3 is 0 Å². The van der Waals surface area contributed by atoms with Gasteiger partial charge in [-0.3, -0.25) is 4.79 Å². The lowest BCUT2D eigenvalue weighted by molar-refractivity contribution is 0.0976. The number of hydrogen-bond donors (Lipinski definition) is 0. The van der Waals surface area contributed by atoms with Gasteiger partial charge in [0.1, 0.15) is 0 Å². The van der Waals surface area contributed by atoms with Gasteiger partial charge in [0.05, 0.1) is 5.69 Å². The molecule has 3 heterocycles. The van der Waals surface area contributed by atoms with E-state index in [1.54, 1.807) is 10.9 Å². The summed E-state index contributed by atoms with van der Waals surface area (Å²) in [4.78, 5) is 20.3. The van der Waals surface area contributed by atoms with E-state index < -0.39 is 0 Å². The van der Waals surface area contributed by atoms with Gasteiger partial charge in [-0.2, -0.15) is 4.68 Å². The number of amides is 1. The van der Waals surface area contributed by atoms with E-state index in [4.69, 9.17) is 0 Å². The Hall–Kier alpha value is -2.54. The fourth-order valence-electron chi connectivity index (χ4n) is 3.14. The molecule has 3 aromatic rings. The fraction of sp³-hybridized carbons (Fsp3) is 0.294. The molecule has 0 bridgehead atoms. The SMILES string of the molecule is Cc1cnc(-n2nnc(C(=O)N3c4ccccc4CC3C)c2C)s1. The lowest BCUT2D eigenvalue weighted by Crippen LogP contribution is -2.36. The second-order valence-corrected chi connectivity index (χ2v) is 7.26. The molecule has 1 amide bonds. The molecule has 24 heavy (non-hydrogen) atoms. The Bertz CT molecular complexity index is 929. The van der Waals surface area contributed by atoms with Gasteiger partial charge in [-0.1, -0.05) is 23.4 Å². The number of hydrogen-bond acceptors (Lipinski definition) is 5. The van der Waals surface area contributed by atoms with Crippen molar-refractivity contribution in [1.82, 2.24) is 20.0 Å². The summed E-state index contributed by atoms with van der Waals surface area (Å²) < 4.78 is 1.64. The topological polar surface area (TPSA) is 63.9 Å². The Kier molecular flexibility index (Phi) is 3.45. The number of para-hydroxylation sites is 1. The zero-order chi connectivity index (χ0) is 16.8. The Morgan fingerprint density at radius 2 is 2.08 bits per heavy atom. The molecular weight excluding hydrogens is 322 g/mol. The highest BCUT2D eigenvalue weighted by molar-refractivity contribution is 7.13. The highest BCUT2D eigenvalue weighted by Gasteiger charge is 2.34. The van der Waals surface area contributed by atoms with Crippen LogP contribution >= 0.6 is 11.3 Å². The molecule has 1 unspecified atom stereocenters. The van der Waals surface area contributed by atoms with Gasteiger partial charge in [-0.25, -0.2) is 4.98 Å². The van der Waals surface area contributed by atoms with Crippen LogP contribution in [-0.4, -0.2) is 31.9 Å². The molecular formula is C17H17N5OS. The van der Waals surface area contributed by atoms with Gasteiger partial charge in [-0.05, 0) is 38.8 Å². The molecule has 0 saturated heterocycles. The maximum absolute atomic E-state index is 13.1. The van der Waals surface area contributed by atoms with Crippen molar-refractivity contribution in [2.24, 2.45) is 0 Å². The Balaban J connectivity index is 1.72. The first-order chi connectivity index (χ1) is 11.6. The zero-order valence-corrected chi connectivity index (χ0v) is 14.5. The smallest absolute Gasteiger partial charge is 0.281 e. The number of aryl methyl sites for hydroxylation is 1. The minimum absolute atomic E-state index is 0.107. The minimum Gasteiger partial charge on any atom is -0.304 e. The first kappa shape index (κ1) is 15.0. The standard InChI is InChI=1S/C17H17N5OS/c1-10-8-13-6-4-5-7-14(13)21(10)16(23)15-12(3)22(20-19-15)17-18-9-11(2)24-17/h4-7,9-10H,8H2,1-3H3. The van der Waals surface area contributed by atoms with Crippen molar-refractivity contribution in [3.05, 3.63) is 52.3 Å². The Labute approximate surface area is 143 Å². The van der Waals surface area contributed by atoms with E-state index in [0.717, 1.165) is 22.1 Å². The van der Waals surface area contributed by atoms with Crippen molar-refractivity contribution < 1.29 is 4.79 Å². The molecule has 0 fully saturated rings. The number of carbonyl (C=O) groups is 1. The molecule has 6 nitrogen and oxygen atoms in total. The van der Waals surface area contributed by atoms with Crippen LogP contribution in [0.5, 0.6) is 0 Å². The lowest BCUT2D eigenvalue weighted by atomic mass is 10.1. The van der Waals surface area contributed by atoms with Crippen LogP contribution in [0.2, 0.25) is 0 Å². The van der Waals surface area contributed by atoms with Crippen molar-refractivity contribution in [2.75, 3.05) is 4.90 Å². The maximum atomic E-state index is 13.1. The van der Waals surface area contributed by atoms with Crippen molar-refractivity contribution in [2.45, 2.75) is 33.2 Å². The predicted molar refractivity (Wildman–Crippen MR) is 92.9 cm³/mol. The van der Waals surface area contributed by atoms with E-state index in [0.29, 0.717) is 11.4 Å². The summed E-state index contributed by atoms with van der Waals surface area (Å²) in [7, 11) is 0. The third kappa shape index (κ3) is 2.24. The monoisotopic (exact) mass is 339 g/mol. The van der Waals surface area contributed by atoms with Gasteiger partial charge in [-0.15, -0.1) is 16.4 Å². The van der Waals surface area contributed by atoms with E-state index in [1.165, 1.54) is 16.9 Å². The molecule has 4 rings (SSSR count). The number of benzene rings is 1. The molecule has 1 aliphatic rings. The first-order valence-electron chi connectivity index (χ1n) is 7.83. The molecule has 0 radical (unpaired) electrons. The van der Waals surface area contributed by atoms with Crippen LogP contribution in [0.25, 0.3) is 5.13 Å². The van der Waals surface area contributed by atoms with E-state index in [2.05, 4.69) is 28.3 Å². The summed E-state index contributed by atoms with van der Waals surface area (Å²) in [6, 6.07) is 8.13. The number of carbonyl (C=O) groups excluding carboxylic acids is 1. The molecule has 1 aliphatic heterocycles. The number of aromatic nitrogens is 4. The largest absolute Gasteiger partial charge is 0.304 e. The molecule has 0 saturated carbocycles. The van der Waals surface area contributed by atoms with Crippen LogP contribution < -0.4 is 4.90 Å². The molecule has 0 N–H and O–H groups in total. The van der Waals surface area contributed by atoms with Gasteiger partial charge in [0, 0.05) is 22.8 Å². The minimum atomic E-state index is -0.107. The van der Waals surface area contributed by atoms with E-state index >= 15 is 0 Å². The second-order valence-electron chi connectivity index (χ2n) is 6.05. The number of rotatable bonds is 2. The number of thiazole rings is 1.